The number of methoxy groups -OCH3 is 1. The molecule has 0 saturated carbocycles. The number of fused-ring (bicyclic) bond motifs is 1. The second-order valence-corrected chi connectivity index (χ2v) is 10.5. The summed E-state index contributed by atoms with van der Waals surface area (Å²) in [5, 5.41) is 9.36. The van der Waals surface area contributed by atoms with Crippen LogP contribution < -0.4 is 20.7 Å². The first-order valence-electron chi connectivity index (χ1n) is 14.9. The lowest BCUT2D eigenvalue weighted by Gasteiger charge is -2.16. The van der Waals surface area contributed by atoms with Crippen molar-refractivity contribution in [2.75, 3.05) is 17.7 Å². The van der Waals surface area contributed by atoms with E-state index in [1.54, 1.807) is 54.7 Å². The van der Waals surface area contributed by atoms with Gasteiger partial charge in [-0.05, 0) is 85.6 Å². The van der Waals surface area contributed by atoms with Crippen molar-refractivity contribution in [3.05, 3.63) is 114 Å². The van der Waals surface area contributed by atoms with Crippen LogP contribution in [0.1, 0.15) is 57.8 Å². The molecule has 1 aromatic heterocycles. The third-order valence-electron chi connectivity index (χ3n) is 7.58. The Kier molecular flexibility index (Phi) is 9.77. The fourth-order valence-electron chi connectivity index (χ4n) is 5.04. The monoisotopic (exact) mass is 618 g/mol. The average Bonchev–Trinajstić information content (AvgIpc) is 3.47. The van der Waals surface area contributed by atoms with Gasteiger partial charge in [0.25, 0.3) is 5.91 Å². The second kappa shape index (κ2) is 14.3. The molecule has 1 heterocycles. The van der Waals surface area contributed by atoms with Crippen molar-refractivity contribution >= 4 is 46.5 Å². The number of urea groups is 1. The highest BCUT2D eigenvalue weighted by molar-refractivity contribution is 6.04. The van der Waals surface area contributed by atoms with Gasteiger partial charge in [0.05, 0.1) is 12.6 Å². The number of amides is 3. The fraction of sp³-hybridized carbons (Fsp3) is 0.167. The van der Waals surface area contributed by atoms with Gasteiger partial charge in [-0.25, -0.2) is 9.59 Å². The third-order valence-corrected chi connectivity index (χ3v) is 7.58. The van der Waals surface area contributed by atoms with Gasteiger partial charge in [0.15, 0.2) is 6.29 Å². The molecule has 0 aliphatic carbocycles. The van der Waals surface area contributed by atoms with E-state index in [-0.39, 0.29) is 29.3 Å². The highest BCUT2D eigenvalue weighted by atomic mass is 16.5. The predicted molar refractivity (Wildman–Crippen MR) is 177 cm³/mol. The average molecular weight is 619 g/mol. The molecular weight excluding hydrogens is 584 g/mol. The number of aromatic nitrogens is 1. The van der Waals surface area contributed by atoms with E-state index >= 15 is 0 Å². The number of rotatable bonds is 11. The van der Waals surface area contributed by atoms with Gasteiger partial charge in [-0.3, -0.25) is 9.59 Å². The molecule has 3 amide bonds. The number of hydrogen-bond donors (Lipinski definition) is 3. The summed E-state index contributed by atoms with van der Waals surface area (Å²) >= 11 is 0. The minimum Gasteiger partial charge on any atom is -0.465 e. The molecule has 0 aliphatic heterocycles. The van der Waals surface area contributed by atoms with Gasteiger partial charge in [-0.15, -0.1) is 0 Å². The quantitative estimate of drug-likeness (QED) is 0.103. The van der Waals surface area contributed by atoms with Crippen LogP contribution in [0.25, 0.3) is 16.6 Å². The van der Waals surface area contributed by atoms with E-state index in [4.69, 9.17) is 9.47 Å². The van der Waals surface area contributed by atoms with Crippen molar-refractivity contribution in [3.63, 3.8) is 0 Å². The van der Waals surface area contributed by atoms with Gasteiger partial charge in [0.1, 0.15) is 17.1 Å². The first kappa shape index (κ1) is 31.5. The van der Waals surface area contributed by atoms with Crippen molar-refractivity contribution < 1.29 is 28.7 Å². The highest BCUT2D eigenvalue weighted by Gasteiger charge is 2.17. The molecule has 5 rings (SSSR count). The van der Waals surface area contributed by atoms with E-state index in [0.717, 1.165) is 35.7 Å². The van der Waals surface area contributed by atoms with Gasteiger partial charge in [0.2, 0.25) is 0 Å². The number of nitrogens with zero attached hydrogens (tertiary/aromatic N) is 1. The molecule has 0 aliphatic rings. The maximum absolute atomic E-state index is 13.0. The zero-order valence-corrected chi connectivity index (χ0v) is 25.7. The number of hydrogen-bond acceptors (Lipinski definition) is 6. The van der Waals surface area contributed by atoms with Gasteiger partial charge in [-0.1, -0.05) is 32.0 Å². The van der Waals surface area contributed by atoms with Crippen LogP contribution in [0.3, 0.4) is 0 Å². The number of nitrogens with one attached hydrogen (secondary N) is 3. The van der Waals surface area contributed by atoms with Crippen molar-refractivity contribution in [2.45, 2.75) is 32.7 Å². The summed E-state index contributed by atoms with van der Waals surface area (Å²) < 4.78 is 12.8. The molecule has 0 fully saturated rings. The number of anilines is 2. The molecule has 5 aromatic rings. The lowest BCUT2D eigenvalue weighted by molar-refractivity contribution is 0.0597. The minimum atomic E-state index is -0.622. The summed E-state index contributed by atoms with van der Waals surface area (Å²) in [5.74, 6) is -0.253. The Hall–Kier alpha value is -5.90. The molecule has 0 spiro atoms. The van der Waals surface area contributed by atoms with Crippen LogP contribution in [-0.4, -0.2) is 41.9 Å². The van der Waals surface area contributed by atoms with Crippen LogP contribution in [-0.2, 0) is 4.74 Å². The summed E-state index contributed by atoms with van der Waals surface area (Å²) in [6.07, 6.45) is 4.22. The topological polar surface area (TPSA) is 128 Å². The Balaban J connectivity index is 1.25. The maximum atomic E-state index is 13.0. The standard InChI is InChI=1S/C36H34N4O6/c1-4-25(5-2)38-36(44)39-27-14-19-33(31(20-27)35(43)45-3)46-29-17-12-26(13-18-29)37-34(42)23-10-15-28(16-11-23)40-21-24(22-41)30-8-6-7-9-32(30)40/h6-22,25H,4-5H2,1-3H3,(H,37,42)(H2,38,39,44). The van der Waals surface area contributed by atoms with Crippen molar-refractivity contribution in [1.29, 1.82) is 0 Å². The zero-order valence-electron chi connectivity index (χ0n) is 25.7. The summed E-state index contributed by atoms with van der Waals surface area (Å²) in [4.78, 5) is 49.4. The van der Waals surface area contributed by atoms with E-state index in [1.807, 2.05) is 54.8 Å². The van der Waals surface area contributed by atoms with E-state index in [2.05, 4.69) is 16.0 Å². The summed E-state index contributed by atoms with van der Waals surface area (Å²) in [5.41, 5.74) is 3.87. The van der Waals surface area contributed by atoms with Crippen LogP contribution in [0.15, 0.2) is 97.2 Å². The Morgan fingerprint density at radius 3 is 2.22 bits per heavy atom. The molecule has 0 saturated heterocycles. The predicted octanol–water partition coefficient (Wildman–Crippen LogP) is 7.58. The molecule has 10 nitrogen and oxygen atoms in total. The number of carbonyl (C=O) groups is 4. The summed E-state index contributed by atoms with van der Waals surface area (Å²) in [6.45, 7) is 3.99. The number of carbonyl (C=O) groups excluding carboxylic acids is 4. The number of aldehydes is 1. The van der Waals surface area contributed by atoms with Crippen molar-refractivity contribution in [2.24, 2.45) is 0 Å². The van der Waals surface area contributed by atoms with E-state index in [1.165, 1.54) is 13.2 Å². The van der Waals surface area contributed by atoms with Gasteiger partial charge in [-0.2, -0.15) is 0 Å². The molecule has 0 radical (unpaired) electrons. The Morgan fingerprint density at radius 2 is 1.54 bits per heavy atom. The fourth-order valence-corrected chi connectivity index (χ4v) is 5.04. The molecule has 0 atom stereocenters. The van der Waals surface area contributed by atoms with E-state index < -0.39 is 5.97 Å². The SMILES string of the molecule is CCC(CC)NC(=O)Nc1ccc(Oc2ccc(NC(=O)c3ccc(-n4cc(C=O)c5ccccc54)cc3)cc2)c(C(=O)OC)c1. The molecule has 0 unspecified atom stereocenters. The van der Waals surface area contributed by atoms with Crippen LogP contribution >= 0.6 is 0 Å². The number of ether oxygens (including phenoxy) is 2. The largest absolute Gasteiger partial charge is 0.465 e. The van der Waals surface area contributed by atoms with Crippen LogP contribution in [0.2, 0.25) is 0 Å². The van der Waals surface area contributed by atoms with Crippen molar-refractivity contribution in [1.82, 2.24) is 9.88 Å². The molecule has 3 N–H and O–H groups in total. The van der Waals surface area contributed by atoms with Crippen LogP contribution in [0, 0.1) is 0 Å². The molecular formula is C36H34N4O6. The van der Waals surface area contributed by atoms with E-state index in [0.29, 0.717) is 28.3 Å². The lowest BCUT2D eigenvalue weighted by atomic mass is 10.1. The smallest absolute Gasteiger partial charge is 0.341 e. The molecule has 46 heavy (non-hydrogen) atoms. The number of esters is 1. The third kappa shape index (κ3) is 7.07. The van der Waals surface area contributed by atoms with Crippen LogP contribution in [0.4, 0.5) is 16.2 Å². The Bertz CT molecular complexity index is 1880. The second-order valence-electron chi connectivity index (χ2n) is 10.5. The first-order chi connectivity index (χ1) is 22.3. The van der Waals surface area contributed by atoms with Gasteiger partial charge in [0, 0.05) is 45.8 Å². The lowest BCUT2D eigenvalue weighted by Crippen LogP contribution is -2.37. The summed E-state index contributed by atoms with van der Waals surface area (Å²) in [6, 6.07) is 25.8. The Labute approximate surface area is 266 Å². The Morgan fingerprint density at radius 1 is 0.848 bits per heavy atom. The summed E-state index contributed by atoms with van der Waals surface area (Å²) in [7, 11) is 1.27. The normalized spacial score (nSPS) is 10.8. The minimum absolute atomic E-state index is 0.0472. The van der Waals surface area contributed by atoms with Gasteiger partial charge >= 0.3 is 12.0 Å². The first-order valence-corrected chi connectivity index (χ1v) is 14.9. The molecule has 0 bridgehead atoms. The molecule has 10 heteroatoms. The molecule has 4 aromatic carbocycles. The van der Waals surface area contributed by atoms with Crippen molar-refractivity contribution in [3.8, 4) is 17.2 Å². The maximum Gasteiger partial charge on any atom is 0.341 e. The van der Waals surface area contributed by atoms with Crippen LogP contribution in [0.5, 0.6) is 11.5 Å². The number of para-hydroxylation sites is 1. The number of benzene rings is 4. The zero-order chi connectivity index (χ0) is 32.6. The van der Waals surface area contributed by atoms with E-state index in [9.17, 15) is 19.2 Å². The highest BCUT2D eigenvalue weighted by Crippen LogP contribution is 2.30. The van der Waals surface area contributed by atoms with Gasteiger partial charge < -0.3 is 30.0 Å². The molecule has 234 valence electrons.